The van der Waals surface area contributed by atoms with Crippen LogP contribution in [0.4, 0.5) is 0 Å². The summed E-state index contributed by atoms with van der Waals surface area (Å²) in [5.74, 6) is -0.535. The van der Waals surface area contributed by atoms with Gasteiger partial charge >= 0.3 is 11.9 Å². The highest BCUT2D eigenvalue weighted by molar-refractivity contribution is 6.04. The number of fused-ring (bicyclic) bond motifs is 3. The Labute approximate surface area is 170 Å². The van der Waals surface area contributed by atoms with E-state index in [9.17, 15) is 9.59 Å². The Morgan fingerprint density at radius 2 is 1.52 bits per heavy atom. The summed E-state index contributed by atoms with van der Waals surface area (Å²) in [6.07, 6.45) is 2.43. The molecule has 0 heterocycles. The number of hydrogen-bond acceptors (Lipinski definition) is 4. The summed E-state index contributed by atoms with van der Waals surface area (Å²) < 4.78 is 11.0. The van der Waals surface area contributed by atoms with Crippen LogP contribution in [0.1, 0.15) is 51.6 Å². The van der Waals surface area contributed by atoms with E-state index in [4.69, 9.17) is 9.47 Å². The highest BCUT2D eigenvalue weighted by Gasteiger charge is 2.24. The van der Waals surface area contributed by atoms with Gasteiger partial charge in [0.25, 0.3) is 0 Å². The molecule has 4 heteroatoms. The quantitative estimate of drug-likeness (QED) is 0.252. The van der Waals surface area contributed by atoms with E-state index >= 15 is 0 Å². The number of esters is 2. The van der Waals surface area contributed by atoms with Crippen molar-refractivity contribution in [2.45, 2.75) is 26.2 Å². The van der Waals surface area contributed by atoms with Gasteiger partial charge in [0.2, 0.25) is 0 Å². The minimum Gasteiger partial charge on any atom is -0.462 e. The topological polar surface area (TPSA) is 52.6 Å². The lowest BCUT2D eigenvalue weighted by Crippen LogP contribution is -2.16. The van der Waals surface area contributed by atoms with Crippen molar-refractivity contribution < 1.29 is 19.1 Å². The van der Waals surface area contributed by atoms with E-state index in [2.05, 4.69) is 12.1 Å². The van der Waals surface area contributed by atoms with Crippen LogP contribution in [0.25, 0.3) is 11.1 Å². The molecule has 0 N–H and O–H groups in total. The van der Waals surface area contributed by atoms with Crippen molar-refractivity contribution in [3.8, 4) is 16.9 Å². The first kappa shape index (κ1) is 18.9. The van der Waals surface area contributed by atoms with Gasteiger partial charge in [0.1, 0.15) is 5.75 Å². The first-order valence-corrected chi connectivity index (χ1v) is 9.87. The van der Waals surface area contributed by atoms with E-state index in [0.29, 0.717) is 12.4 Å². The number of hydrogen-bond donors (Lipinski definition) is 0. The highest BCUT2D eigenvalue weighted by Crippen LogP contribution is 2.41. The van der Waals surface area contributed by atoms with Gasteiger partial charge in [-0.1, -0.05) is 61.9 Å². The first-order valence-electron chi connectivity index (χ1n) is 9.87. The molecule has 0 saturated carbocycles. The Morgan fingerprint density at radius 3 is 2.31 bits per heavy atom. The van der Waals surface area contributed by atoms with Crippen LogP contribution in [-0.4, -0.2) is 18.5 Å². The molecular formula is C25H22O4. The van der Waals surface area contributed by atoms with E-state index in [1.807, 2.05) is 31.2 Å². The maximum atomic E-state index is 12.9. The number of rotatable bonds is 6. The summed E-state index contributed by atoms with van der Waals surface area (Å²) in [6.45, 7) is 2.36. The second-order valence-electron chi connectivity index (χ2n) is 7.04. The Morgan fingerprint density at radius 1 is 0.828 bits per heavy atom. The Kier molecular flexibility index (Phi) is 5.43. The summed E-state index contributed by atoms with van der Waals surface area (Å²) >= 11 is 0. The van der Waals surface area contributed by atoms with Crippen LogP contribution in [0.15, 0.2) is 66.7 Å². The lowest BCUT2D eigenvalue weighted by atomic mass is 10.1. The van der Waals surface area contributed by atoms with Crippen molar-refractivity contribution in [3.63, 3.8) is 0 Å². The molecular weight excluding hydrogens is 364 g/mol. The molecule has 0 aliphatic heterocycles. The minimum atomic E-state index is -0.558. The smallest absolute Gasteiger partial charge is 0.344 e. The average Bonchev–Trinajstić information content (AvgIpc) is 3.14. The van der Waals surface area contributed by atoms with Gasteiger partial charge in [-0.05, 0) is 41.3 Å². The van der Waals surface area contributed by atoms with E-state index in [-0.39, 0.29) is 11.1 Å². The number of carbonyl (C=O) groups excluding carboxylic acids is 2. The zero-order valence-electron chi connectivity index (χ0n) is 16.3. The second-order valence-corrected chi connectivity index (χ2v) is 7.04. The van der Waals surface area contributed by atoms with Crippen LogP contribution in [0, 0.1) is 0 Å². The lowest BCUT2D eigenvalue weighted by Gasteiger charge is -2.12. The summed E-state index contributed by atoms with van der Waals surface area (Å²) in [5, 5.41) is 0. The molecule has 29 heavy (non-hydrogen) atoms. The number of benzene rings is 3. The second kappa shape index (κ2) is 8.31. The summed E-state index contributed by atoms with van der Waals surface area (Å²) in [6, 6.07) is 20.5. The van der Waals surface area contributed by atoms with Gasteiger partial charge in [-0.2, -0.15) is 0 Å². The molecule has 3 aromatic rings. The van der Waals surface area contributed by atoms with Crippen LogP contribution in [0.5, 0.6) is 5.75 Å². The molecule has 3 aromatic carbocycles. The zero-order chi connectivity index (χ0) is 20.2. The number of ether oxygens (including phenoxy) is 2. The first-order chi connectivity index (χ1) is 14.2. The molecule has 0 saturated heterocycles. The van der Waals surface area contributed by atoms with Crippen molar-refractivity contribution in [1.82, 2.24) is 0 Å². The van der Waals surface area contributed by atoms with Crippen LogP contribution in [0.2, 0.25) is 0 Å². The van der Waals surface area contributed by atoms with E-state index in [1.54, 1.807) is 30.3 Å². The molecule has 1 aliphatic carbocycles. The van der Waals surface area contributed by atoms with Crippen LogP contribution in [-0.2, 0) is 11.2 Å². The van der Waals surface area contributed by atoms with Gasteiger partial charge in [-0.15, -0.1) is 0 Å². The Hall–Kier alpha value is -3.40. The van der Waals surface area contributed by atoms with Gasteiger partial charge < -0.3 is 9.47 Å². The minimum absolute atomic E-state index is 0.210. The fourth-order valence-electron chi connectivity index (χ4n) is 3.60. The molecule has 0 fully saturated rings. The molecule has 0 bridgehead atoms. The predicted octanol–water partition coefficient (Wildman–Crippen LogP) is 5.43. The molecule has 0 atom stereocenters. The largest absolute Gasteiger partial charge is 0.462 e. The molecule has 4 nitrogen and oxygen atoms in total. The number of carbonyl (C=O) groups is 2. The molecule has 0 unspecified atom stereocenters. The Balaban J connectivity index is 1.58. The maximum absolute atomic E-state index is 12.9. The van der Waals surface area contributed by atoms with E-state index in [1.165, 1.54) is 11.1 Å². The molecule has 0 spiro atoms. The van der Waals surface area contributed by atoms with E-state index < -0.39 is 11.9 Å². The summed E-state index contributed by atoms with van der Waals surface area (Å²) in [5.41, 5.74) is 4.89. The highest BCUT2D eigenvalue weighted by atomic mass is 16.5. The summed E-state index contributed by atoms with van der Waals surface area (Å²) in [7, 11) is 0. The van der Waals surface area contributed by atoms with Crippen molar-refractivity contribution in [1.29, 1.82) is 0 Å². The zero-order valence-corrected chi connectivity index (χ0v) is 16.3. The molecule has 1 aliphatic rings. The molecule has 146 valence electrons. The third kappa shape index (κ3) is 3.79. The Bertz CT molecular complexity index is 1070. The molecule has 4 rings (SSSR count). The predicted molar refractivity (Wildman–Crippen MR) is 111 cm³/mol. The van der Waals surface area contributed by atoms with Crippen molar-refractivity contribution in [3.05, 3.63) is 89.0 Å². The molecule has 0 amide bonds. The van der Waals surface area contributed by atoms with Crippen LogP contribution < -0.4 is 4.74 Å². The molecule has 0 radical (unpaired) electrons. The van der Waals surface area contributed by atoms with Gasteiger partial charge in [-0.3, -0.25) is 0 Å². The lowest BCUT2D eigenvalue weighted by molar-refractivity contribution is 0.0491. The van der Waals surface area contributed by atoms with Crippen LogP contribution >= 0.6 is 0 Å². The maximum Gasteiger partial charge on any atom is 0.344 e. The monoisotopic (exact) mass is 386 g/mol. The fraction of sp³-hybridized carbons (Fsp3) is 0.200. The van der Waals surface area contributed by atoms with Gasteiger partial charge in [0.15, 0.2) is 0 Å². The number of unbranched alkanes of at least 4 members (excludes halogenated alkanes) is 1. The third-order valence-corrected chi connectivity index (χ3v) is 5.11. The molecule has 0 aromatic heterocycles. The summed E-state index contributed by atoms with van der Waals surface area (Å²) in [4.78, 5) is 25.3. The van der Waals surface area contributed by atoms with Gasteiger partial charge in [-0.25, -0.2) is 9.59 Å². The third-order valence-electron chi connectivity index (χ3n) is 5.11. The van der Waals surface area contributed by atoms with Crippen LogP contribution in [0.3, 0.4) is 0 Å². The SMILES string of the molecule is CCCCOC(=O)c1ccccc1C(=O)Oc1cccc2c1Cc1ccccc1-2. The van der Waals surface area contributed by atoms with Gasteiger partial charge in [0.05, 0.1) is 17.7 Å². The van der Waals surface area contributed by atoms with Gasteiger partial charge in [0, 0.05) is 12.0 Å². The van der Waals surface area contributed by atoms with Crippen molar-refractivity contribution in [2.75, 3.05) is 6.61 Å². The normalized spacial score (nSPS) is 11.5. The standard InChI is InChI=1S/C25H22O4/c1-2-3-15-28-24(26)20-11-6-7-12-21(20)25(27)29-23-14-8-13-19-18-10-5-4-9-17(18)16-22(19)23/h4-14H,2-3,15-16H2,1H3. The average molecular weight is 386 g/mol. The van der Waals surface area contributed by atoms with Crippen molar-refractivity contribution >= 4 is 11.9 Å². The fourth-order valence-corrected chi connectivity index (χ4v) is 3.60. The van der Waals surface area contributed by atoms with E-state index in [0.717, 1.165) is 30.4 Å². The van der Waals surface area contributed by atoms with Crippen molar-refractivity contribution in [2.24, 2.45) is 0 Å².